The summed E-state index contributed by atoms with van der Waals surface area (Å²) < 4.78 is 12.8. The summed E-state index contributed by atoms with van der Waals surface area (Å²) in [5, 5.41) is 0. The second kappa shape index (κ2) is 2.48. The molecule has 0 atom stereocenters. The van der Waals surface area contributed by atoms with Crippen LogP contribution in [-0.2, 0) is 0 Å². The van der Waals surface area contributed by atoms with Gasteiger partial charge in [-0.1, -0.05) is 6.07 Å². The second-order valence-electron chi connectivity index (χ2n) is 1.80. The molecule has 0 aromatic heterocycles. The van der Waals surface area contributed by atoms with E-state index < -0.39 is 0 Å². The number of hydrogen-bond acceptors (Lipinski definition) is 0. The van der Waals surface area contributed by atoms with Gasteiger partial charge in [0.1, 0.15) is 5.82 Å². The molecule has 0 unspecified atom stereocenters. The third kappa shape index (κ3) is 1.52. The van der Waals surface area contributed by atoms with Crippen molar-refractivity contribution in [2.24, 2.45) is 0 Å². The van der Waals surface area contributed by atoms with Crippen LogP contribution in [0.5, 0.6) is 0 Å². The van der Waals surface area contributed by atoms with Gasteiger partial charge in [-0.2, -0.15) is 0 Å². The first-order valence-corrected chi connectivity index (χ1v) is 3.33. The highest BCUT2D eigenvalue weighted by Crippen LogP contribution is 2.14. The molecule has 0 aliphatic heterocycles. The minimum atomic E-state index is -0.263. The third-order valence-corrected chi connectivity index (χ3v) is 1.57. The van der Waals surface area contributed by atoms with Gasteiger partial charge in [-0.15, -0.1) is 0 Å². The predicted molar refractivity (Wildman–Crippen MR) is 37.7 cm³/mol. The summed E-state index contributed by atoms with van der Waals surface area (Å²) >= 11 is 3.02. The number of rotatable bonds is 0. The maximum Gasteiger partial charge on any atom is 0.138 e. The Balaban J connectivity index is 3.17. The summed E-state index contributed by atoms with van der Waals surface area (Å²) in [6.07, 6.45) is 0. The fourth-order valence-electron chi connectivity index (χ4n) is 0.546. The van der Waals surface area contributed by atoms with Crippen LogP contribution in [0.15, 0.2) is 16.6 Å². The molecule has 0 heterocycles. The maximum absolute atomic E-state index is 12.4. The quantitative estimate of drug-likeness (QED) is 0.587. The highest BCUT2D eigenvalue weighted by atomic mass is 79.9. The molecule has 47 valence electrons. The Kier molecular flexibility index (Phi) is 1.86. The first-order chi connectivity index (χ1) is 4.20. The average molecular weight is 188 g/mol. The average Bonchev–Trinajstić information content (AvgIpc) is 1.80. The molecule has 0 aliphatic carbocycles. The van der Waals surface area contributed by atoms with Crippen LogP contribution in [0.25, 0.3) is 0 Å². The predicted octanol–water partition coefficient (Wildman–Crippen LogP) is 2.70. The minimum absolute atomic E-state index is 0.263. The highest BCUT2D eigenvalue weighted by Gasteiger charge is 1.95. The van der Waals surface area contributed by atoms with Gasteiger partial charge in [-0.25, -0.2) is 4.39 Å². The van der Waals surface area contributed by atoms with Crippen LogP contribution in [0, 0.1) is 18.8 Å². The molecule has 0 saturated carbocycles. The van der Waals surface area contributed by atoms with Crippen molar-refractivity contribution in [2.45, 2.75) is 6.92 Å². The molecule has 1 radical (unpaired) electrons. The van der Waals surface area contributed by atoms with Crippen molar-refractivity contribution in [3.05, 3.63) is 34.1 Å². The zero-order valence-electron chi connectivity index (χ0n) is 4.91. The molecule has 0 nitrogen and oxygen atoms in total. The van der Waals surface area contributed by atoms with E-state index in [0.29, 0.717) is 4.47 Å². The molecule has 0 aliphatic rings. The second-order valence-corrected chi connectivity index (χ2v) is 2.60. The monoisotopic (exact) mass is 187 g/mol. The van der Waals surface area contributed by atoms with Gasteiger partial charge >= 0.3 is 0 Å². The molecule has 0 saturated heterocycles. The van der Waals surface area contributed by atoms with Crippen LogP contribution in [0.2, 0.25) is 0 Å². The fourth-order valence-corrected chi connectivity index (χ4v) is 0.991. The molecular weight excluding hydrogens is 183 g/mol. The van der Waals surface area contributed by atoms with E-state index in [2.05, 4.69) is 22.0 Å². The lowest BCUT2D eigenvalue weighted by Crippen LogP contribution is -1.77. The van der Waals surface area contributed by atoms with E-state index in [1.54, 1.807) is 6.07 Å². The van der Waals surface area contributed by atoms with Crippen molar-refractivity contribution in [3.63, 3.8) is 0 Å². The van der Waals surface area contributed by atoms with Crippen LogP contribution in [0.3, 0.4) is 0 Å². The molecule has 9 heavy (non-hydrogen) atoms. The van der Waals surface area contributed by atoms with Crippen LogP contribution in [-0.4, -0.2) is 0 Å². The Morgan fingerprint density at radius 3 is 2.67 bits per heavy atom. The van der Waals surface area contributed by atoms with Gasteiger partial charge in [-0.05, 0) is 34.5 Å². The van der Waals surface area contributed by atoms with Crippen LogP contribution >= 0.6 is 15.9 Å². The van der Waals surface area contributed by atoms with E-state index in [0.717, 1.165) is 5.56 Å². The van der Waals surface area contributed by atoms with Crippen LogP contribution in [0.4, 0.5) is 4.39 Å². The Bertz CT molecular complexity index is 220. The maximum atomic E-state index is 12.4. The van der Waals surface area contributed by atoms with Crippen molar-refractivity contribution in [1.82, 2.24) is 0 Å². The van der Waals surface area contributed by atoms with Crippen molar-refractivity contribution in [3.8, 4) is 0 Å². The molecular formula is C7H5BrF. The molecule has 0 fully saturated rings. The zero-order chi connectivity index (χ0) is 6.85. The van der Waals surface area contributed by atoms with E-state index in [1.165, 1.54) is 6.07 Å². The number of aryl methyl sites for hydroxylation is 1. The lowest BCUT2D eigenvalue weighted by Gasteiger charge is -1.92. The van der Waals surface area contributed by atoms with Crippen LogP contribution in [0.1, 0.15) is 5.56 Å². The normalized spacial score (nSPS) is 9.67. The van der Waals surface area contributed by atoms with Gasteiger partial charge in [0.15, 0.2) is 0 Å². The Labute approximate surface area is 61.8 Å². The largest absolute Gasteiger partial charge is 0.206 e. The molecule has 2 heteroatoms. The summed E-state index contributed by atoms with van der Waals surface area (Å²) in [6, 6.07) is 5.87. The lowest BCUT2D eigenvalue weighted by molar-refractivity contribution is 0.620. The minimum Gasteiger partial charge on any atom is -0.206 e. The van der Waals surface area contributed by atoms with E-state index in [4.69, 9.17) is 0 Å². The highest BCUT2D eigenvalue weighted by molar-refractivity contribution is 9.10. The summed E-state index contributed by atoms with van der Waals surface area (Å²) in [5.74, 6) is -0.263. The number of benzene rings is 1. The van der Waals surface area contributed by atoms with E-state index in [1.807, 2.05) is 6.92 Å². The van der Waals surface area contributed by atoms with Crippen molar-refractivity contribution >= 4 is 15.9 Å². The van der Waals surface area contributed by atoms with Gasteiger partial charge in [-0.3, -0.25) is 0 Å². The van der Waals surface area contributed by atoms with E-state index in [-0.39, 0.29) is 5.82 Å². The lowest BCUT2D eigenvalue weighted by atomic mass is 10.2. The smallest absolute Gasteiger partial charge is 0.138 e. The molecule has 1 aromatic carbocycles. The first-order valence-electron chi connectivity index (χ1n) is 2.54. The molecule has 0 amide bonds. The van der Waals surface area contributed by atoms with Gasteiger partial charge in [0, 0.05) is 6.07 Å². The topological polar surface area (TPSA) is 0 Å². The molecule has 1 aromatic rings. The fraction of sp³-hybridized carbons (Fsp3) is 0.143. The SMILES string of the molecule is Cc1[c]c(Br)c(F)cc1. The van der Waals surface area contributed by atoms with Gasteiger partial charge in [0.2, 0.25) is 0 Å². The van der Waals surface area contributed by atoms with E-state index in [9.17, 15) is 4.39 Å². The van der Waals surface area contributed by atoms with Crippen LogP contribution < -0.4 is 0 Å². The first kappa shape index (κ1) is 6.75. The number of halogens is 2. The standard InChI is InChI=1S/C7H5BrF/c1-5-2-3-7(9)6(8)4-5/h2-3H,1H3. The van der Waals surface area contributed by atoms with Crippen molar-refractivity contribution in [1.29, 1.82) is 0 Å². The summed E-state index contributed by atoms with van der Waals surface area (Å²) in [4.78, 5) is 0. The van der Waals surface area contributed by atoms with Crippen molar-refractivity contribution < 1.29 is 4.39 Å². The van der Waals surface area contributed by atoms with E-state index >= 15 is 0 Å². The summed E-state index contributed by atoms with van der Waals surface area (Å²) in [5.41, 5.74) is 0.934. The van der Waals surface area contributed by atoms with Crippen molar-refractivity contribution in [2.75, 3.05) is 0 Å². The van der Waals surface area contributed by atoms with Gasteiger partial charge < -0.3 is 0 Å². The Hall–Kier alpha value is -0.370. The molecule has 1 rings (SSSR count). The Morgan fingerprint density at radius 2 is 2.22 bits per heavy atom. The summed E-state index contributed by atoms with van der Waals surface area (Å²) in [7, 11) is 0. The molecule has 0 spiro atoms. The Morgan fingerprint density at radius 1 is 1.56 bits per heavy atom. The molecule has 0 N–H and O–H groups in total. The van der Waals surface area contributed by atoms with Gasteiger partial charge in [0.05, 0.1) is 4.47 Å². The zero-order valence-corrected chi connectivity index (χ0v) is 6.50. The number of hydrogen-bond donors (Lipinski definition) is 0. The summed E-state index contributed by atoms with van der Waals surface area (Å²) in [6.45, 7) is 1.87. The third-order valence-electron chi connectivity index (χ3n) is 0.996. The van der Waals surface area contributed by atoms with Gasteiger partial charge in [0.25, 0.3) is 0 Å². The molecule has 0 bridgehead atoms.